The molecule has 1 unspecified atom stereocenters. The van der Waals surface area contributed by atoms with Gasteiger partial charge < -0.3 is 15.1 Å². The second kappa shape index (κ2) is 10.9. The number of alkyl halides is 2. The topological polar surface area (TPSA) is 43.7 Å². The van der Waals surface area contributed by atoms with E-state index in [-0.39, 0.29) is 12.3 Å². The van der Waals surface area contributed by atoms with Crippen LogP contribution >= 0.6 is 0 Å². The van der Waals surface area contributed by atoms with Crippen LogP contribution in [0.15, 0.2) is 23.3 Å². The highest BCUT2D eigenvalue weighted by molar-refractivity contribution is 5.26. The zero-order chi connectivity index (χ0) is 23.6. The molecular weight excluding hydrogens is 420 g/mol. The molecule has 5 heteroatoms. The summed E-state index contributed by atoms with van der Waals surface area (Å²) < 4.78 is 25.4. The average Bonchev–Trinajstić information content (AvgIpc) is 3.33. The van der Waals surface area contributed by atoms with Crippen molar-refractivity contribution in [2.45, 2.75) is 103 Å². The molecule has 1 saturated heterocycles. The Bertz CT molecular complexity index is 711. The molecule has 2 N–H and O–H groups in total. The van der Waals surface area contributed by atoms with Gasteiger partial charge in [-0.1, -0.05) is 37.1 Å². The lowest BCUT2D eigenvalue weighted by Gasteiger charge is -2.44. The van der Waals surface area contributed by atoms with E-state index < -0.39 is 18.6 Å². The van der Waals surface area contributed by atoms with E-state index in [4.69, 9.17) is 0 Å². The SMILES string of the molecule is CC(CCN1CC[C@H](CC(F)F)C1)[C@H]1CC[C@H]2/C(=C/C=C3C[C@@H](O)C[C@H](O)C3)CCC[C@]12C. The van der Waals surface area contributed by atoms with Gasteiger partial charge >= 0.3 is 0 Å². The van der Waals surface area contributed by atoms with Crippen molar-refractivity contribution in [3.63, 3.8) is 0 Å². The largest absolute Gasteiger partial charge is 0.393 e. The fourth-order valence-electron chi connectivity index (χ4n) is 7.89. The summed E-state index contributed by atoms with van der Waals surface area (Å²) >= 11 is 0. The van der Waals surface area contributed by atoms with Gasteiger partial charge in [0.15, 0.2) is 0 Å². The summed E-state index contributed by atoms with van der Waals surface area (Å²) in [5, 5.41) is 20.0. The van der Waals surface area contributed by atoms with Crippen LogP contribution < -0.4 is 0 Å². The van der Waals surface area contributed by atoms with Gasteiger partial charge in [0, 0.05) is 13.0 Å². The van der Waals surface area contributed by atoms with Gasteiger partial charge in [-0.15, -0.1) is 0 Å². The number of rotatable bonds is 7. The maximum atomic E-state index is 12.7. The normalized spacial score (nSPS) is 39.9. The number of likely N-dealkylation sites (tertiary alicyclic amines) is 1. The lowest BCUT2D eigenvalue weighted by atomic mass is 9.61. The van der Waals surface area contributed by atoms with Crippen LogP contribution in [0.2, 0.25) is 0 Å². The molecule has 0 aromatic rings. The number of hydrogen-bond acceptors (Lipinski definition) is 3. The fraction of sp³-hybridized carbons (Fsp3) is 0.857. The molecule has 4 aliphatic rings. The predicted molar refractivity (Wildman–Crippen MR) is 129 cm³/mol. The summed E-state index contributed by atoms with van der Waals surface area (Å²) in [6.07, 6.45) is 11.9. The monoisotopic (exact) mass is 465 g/mol. The number of halogens is 2. The van der Waals surface area contributed by atoms with Gasteiger partial charge in [0.2, 0.25) is 6.43 Å². The molecule has 0 radical (unpaired) electrons. The van der Waals surface area contributed by atoms with E-state index in [1.54, 1.807) is 5.57 Å². The summed E-state index contributed by atoms with van der Waals surface area (Å²) in [5.41, 5.74) is 3.12. The van der Waals surface area contributed by atoms with E-state index in [0.717, 1.165) is 32.0 Å². The molecule has 4 fully saturated rings. The van der Waals surface area contributed by atoms with Gasteiger partial charge in [-0.2, -0.15) is 0 Å². The summed E-state index contributed by atoms with van der Waals surface area (Å²) in [6, 6.07) is 0. The number of allylic oxidation sites excluding steroid dienone is 3. The Morgan fingerprint density at radius 1 is 1.12 bits per heavy atom. The average molecular weight is 466 g/mol. The Hall–Kier alpha value is -0.780. The highest BCUT2D eigenvalue weighted by Gasteiger charge is 2.50. The van der Waals surface area contributed by atoms with Gasteiger partial charge in [0.05, 0.1) is 12.2 Å². The molecule has 1 heterocycles. The molecule has 0 amide bonds. The summed E-state index contributed by atoms with van der Waals surface area (Å²) in [5.74, 6) is 2.23. The first-order valence-corrected chi connectivity index (χ1v) is 13.5. The van der Waals surface area contributed by atoms with Gasteiger partial charge in [-0.05, 0) is 106 Å². The zero-order valence-corrected chi connectivity index (χ0v) is 20.7. The van der Waals surface area contributed by atoms with E-state index in [9.17, 15) is 19.0 Å². The van der Waals surface area contributed by atoms with Gasteiger partial charge in [0.25, 0.3) is 0 Å². The van der Waals surface area contributed by atoms with Gasteiger partial charge in [-0.25, -0.2) is 8.78 Å². The minimum atomic E-state index is -2.17. The van der Waals surface area contributed by atoms with E-state index >= 15 is 0 Å². The highest BCUT2D eigenvalue weighted by atomic mass is 19.3. The van der Waals surface area contributed by atoms with Crippen molar-refractivity contribution >= 4 is 0 Å². The van der Waals surface area contributed by atoms with Crippen LogP contribution in [0.5, 0.6) is 0 Å². The van der Waals surface area contributed by atoms with E-state index in [0.29, 0.717) is 36.5 Å². The zero-order valence-electron chi connectivity index (χ0n) is 20.7. The first kappa shape index (κ1) is 25.3. The molecule has 3 nitrogen and oxygen atoms in total. The van der Waals surface area contributed by atoms with Crippen molar-refractivity contribution < 1.29 is 19.0 Å². The molecule has 188 valence electrons. The van der Waals surface area contributed by atoms with Crippen molar-refractivity contribution in [3.05, 3.63) is 23.3 Å². The molecule has 33 heavy (non-hydrogen) atoms. The van der Waals surface area contributed by atoms with Gasteiger partial charge in [-0.3, -0.25) is 0 Å². The van der Waals surface area contributed by atoms with Crippen molar-refractivity contribution in [2.75, 3.05) is 19.6 Å². The lowest BCUT2D eigenvalue weighted by Crippen LogP contribution is -2.37. The third kappa shape index (κ3) is 6.08. The summed E-state index contributed by atoms with van der Waals surface area (Å²) in [7, 11) is 0. The Labute approximate surface area is 199 Å². The molecule has 3 aliphatic carbocycles. The van der Waals surface area contributed by atoms with Crippen molar-refractivity contribution in [3.8, 4) is 0 Å². The Morgan fingerprint density at radius 2 is 1.88 bits per heavy atom. The minimum Gasteiger partial charge on any atom is -0.393 e. The van der Waals surface area contributed by atoms with Crippen molar-refractivity contribution in [1.29, 1.82) is 0 Å². The number of aliphatic hydroxyl groups is 2. The maximum absolute atomic E-state index is 12.7. The molecule has 4 rings (SSSR count). The van der Waals surface area contributed by atoms with E-state index in [1.165, 1.54) is 44.1 Å². The number of hydrogen-bond donors (Lipinski definition) is 2. The van der Waals surface area contributed by atoms with Crippen LogP contribution in [0.1, 0.15) is 84.5 Å². The van der Waals surface area contributed by atoms with Crippen LogP contribution in [-0.4, -0.2) is 53.4 Å². The summed E-state index contributed by atoms with van der Waals surface area (Å²) in [6.45, 7) is 7.84. The predicted octanol–water partition coefficient (Wildman–Crippen LogP) is 5.96. The fourth-order valence-corrected chi connectivity index (χ4v) is 7.89. The van der Waals surface area contributed by atoms with Gasteiger partial charge in [0.1, 0.15) is 0 Å². The standard InChI is InChI=1S/C28H45F2NO2/c1-19(9-12-31-13-10-21(18-31)16-27(29)30)25-7-8-26-22(4-3-11-28(25,26)2)6-5-20-14-23(32)17-24(33)15-20/h5-6,19,21,23-27,32-33H,3-4,7-18H2,1-2H3/b22-6+/t19?,21-,23-,24-,25-,26+,28-/m1/s1. The second-order valence-corrected chi connectivity index (χ2v) is 12.0. The third-order valence-electron chi connectivity index (χ3n) is 9.58. The maximum Gasteiger partial charge on any atom is 0.238 e. The van der Waals surface area contributed by atoms with Crippen LogP contribution in [0.25, 0.3) is 0 Å². The Balaban J connectivity index is 1.34. The molecule has 7 atom stereocenters. The molecule has 0 bridgehead atoms. The molecular formula is C28H45F2NO2. The van der Waals surface area contributed by atoms with Crippen LogP contribution in [-0.2, 0) is 0 Å². The van der Waals surface area contributed by atoms with E-state index in [2.05, 4.69) is 30.9 Å². The highest BCUT2D eigenvalue weighted by Crippen LogP contribution is 2.59. The summed E-state index contributed by atoms with van der Waals surface area (Å²) in [4.78, 5) is 2.42. The molecule has 0 aromatic carbocycles. The third-order valence-corrected chi connectivity index (χ3v) is 9.58. The number of nitrogens with zero attached hydrogens (tertiary/aromatic N) is 1. The Morgan fingerprint density at radius 3 is 2.61 bits per heavy atom. The quantitative estimate of drug-likeness (QED) is 0.487. The first-order valence-electron chi connectivity index (χ1n) is 13.5. The lowest BCUT2D eigenvalue weighted by molar-refractivity contribution is 0.0609. The first-order chi connectivity index (χ1) is 15.7. The van der Waals surface area contributed by atoms with Crippen molar-refractivity contribution in [1.82, 2.24) is 4.90 Å². The minimum absolute atomic E-state index is 0.0671. The van der Waals surface area contributed by atoms with Crippen LogP contribution in [0, 0.1) is 29.1 Å². The Kier molecular flexibility index (Phi) is 8.34. The van der Waals surface area contributed by atoms with Crippen LogP contribution in [0.3, 0.4) is 0 Å². The van der Waals surface area contributed by atoms with Crippen LogP contribution in [0.4, 0.5) is 8.78 Å². The number of fused-ring (bicyclic) bond motifs is 1. The smallest absolute Gasteiger partial charge is 0.238 e. The van der Waals surface area contributed by atoms with Crippen molar-refractivity contribution in [2.24, 2.45) is 29.1 Å². The van der Waals surface area contributed by atoms with E-state index in [1.807, 2.05) is 0 Å². The second-order valence-electron chi connectivity index (χ2n) is 12.0. The molecule has 0 spiro atoms. The molecule has 0 aromatic heterocycles. The molecule has 3 saturated carbocycles. The molecule has 1 aliphatic heterocycles. The number of aliphatic hydroxyl groups excluding tert-OH is 2.